The van der Waals surface area contributed by atoms with E-state index in [2.05, 4.69) is 43.1 Å². The fourth-order valence-corrected chi connectivity index (χ4v) is 1.34. The Labute approximate surface area is 80.5 Å². The summed E-state index contributed by atoms with van der Waals surface area (Å²) in [5.41, 5.74) is 2.47. The third kappa shape index (κ3) is 2.94. The van der Waals surface area contributed by atoms with Crippen molar-refractivity contribution in [3.05, 3.63) is 48.2 Å². The highest BCUT2D eigenvalue weighted by Gasteiger charge is 2.05. The summed E-state index contributed by atoms with van der Waals surface area (Å²) in [6, 6.07) is 10.5. The van der Waals surface area contributed by atoms with Crippen LogP contribution in [0.15, 0.2) is 42.6 Å². The molecule has 0 radical (unpaired) electrons. The predicted molar refractivity (Wildman–Crippen MR) is 57.5 cm³/mol. The summed E-state index contributed by atoms with van der Waals surface area (Å²) in [4.78, 5) is 0. The lowest BCUT2D eigenvalue weighted by Gasteiger charge is -2.13. The minimum Gasteiger partial charge on any atom is -0.392 e. The topological polar surface area (TPSA) is 12.0 Å². The first-order valence-corrected chi connectivity index (χ1v) is 4.64. The molecule has 0 fully saturated rings. The zero-order valence-corrected chi connectivity index (χ0v) is 8.38. The monoisotopic (exact) mass is 175 g/mol. The highest BCUT2D eigenvalue weighted by molar-refractivity contribution is 5.17. The van der Waals surface area contributed by atoms with E-state index in [1.165, 1.54) is 5.56 Å². The maximum atomic E-state index is 3.96. The first-order valence-electron chi connectivity index (χ1n) is 4.64. The second kappa shape index (κ2) is 4.70. The van der Waals surface area contributed by atoms with Crippen LogP contribution in [0.4, 0.5) is 0 Å². The van der Waals surface area contributed by atoms with E-state index in [4.69, 9.17) is 0 Å². The van der Waals surface area contributed by atoms with Crippen LogP contribution < -0.4 is 5.32 Å². The molecule has 1 unspecified atom stereocenters. The molecule has 0 aliphatic rings. The summed E-state index contributed by atoms with van der Waals surface area (Å²) in [5.74, 6) is 0.493. The number of nitrogens with one attached hydrogen (secondary N) is 1. The fraction of sp³-hybridized carbons (Fsp3) is 0.333. The van der Waals surface area contributed by atoms with Crippen molar-refractivity contribution in [2.75, 3.05) is 7.05 Å². The Hall–Kier alpha value is -1.24. The van der Waals surface area contributed by atoms with Gasteiger partial charge in [-0.2, -0.15) is 0 Å². The molecule has 0 aliphatic heterocycles. The second-order valence-corrected chi connectivity index (χ2v) is 3.37. The van der Waals surface area contributed by atoms with Gasteiger partial charge < -0.3 is 5.32 Å². The SMILES string of the molecule is C=C(NC)C(C)Cc1ccccc1. The minimum atomic E-state index is 0.493. The largest absolute Gasteiger partial charge is 0.392 e. The minimum absolute atomic E-state index is 0.493. The van der Waals surface area contributed by atoms with Gasteiger partial charge in [-0.05, 0) is 17.9 Å². The molecular formula is C12H17N. The molecule has 70 valence electrons. The molecule has 0 bridgehead atoms. The van der Waals surface area contributed by atoms with Crippen LogP contribution in [-0.4, -0.2) is 7.05 Å². The van der Waals surface area contributed by atoms with Gasteiger partial charge in [0.1, 0.15) is 0 Å². The van der Waals surface area contributed by atoms with Crippen molar-refractivity contribution in [2.24, 2.45) is 5.92 Å². The molecule has 0 aromatic heterocycles. The molecular weight excluding hydrogens is 158 g/mol. The van der Waals surface area contributed by atoms with E-state index < -0.39 is 0 Å². The number of benzene rings is 1. The van der Waals surface area contributed by atoms with Crippen LogP contribution in [0.2, 0.25) is 0 Å². The average molecular weight is 175 g/mol. The van der Waals surface area contributed by atoms with Gasteiger partial charge in [-0.25, -0.2) is 0 Å². The number of hydrogen-bond acceptors (Lipinski definition) is 1. The number of allylic oxidation sites excluding steroid dienone is 1. The molecule has 0 spiro atoms. The second-order valence-electron chi connectivity index (χ2n) is 3.37. The standard InChI is InChI=1S/C12H17N/c1-10(11(2)13-3)9-12-7-5-4-6-8-12/h4-8,10,13H,2,9H2,1,3H3. The first kappa shape index (κ1) is 9.85. The van der Waals surface area contributed by atoms with Crippen LogP contribution in [0.25, 0.3) is 0 Å². The Balaban J connectivity index is 2.55. The van der Waals surface area contributed by atoms with Gasteiger partial charge in [0, 0.05) is 12.7 Å². The highest BCUT2D eigenvalue weighted by Crippen LogP contribution is 2.12. The zero-order valence-electron chi connectivity index (χ0n) is 8.38. The number of hydrogen-bond donors (Lipinski definition) is 1. The van der Waals surface area contributed by atoms with Gasteiger partial charge in [0.25, 0.3) is 0 Å². The molecule has 1 aromatic carbocycles. The van der Waals surface area contributed by atoms with Gasteiger partial charge in [0.05, 0.1) is 0 Å². The van der Waals surface area contributed by atoms with Crippen molar-refractivity contribution >= 4 is 0 Å². The van der Waals surface area contributed by atoms with Crippen LogP contribution in [0.1, 0.15) is 12.5 Å². The maximum absolute atomic E-state index is 3.96. The highest BCUT2D eigenvalue weighted by atomic mass is 14.8. The third-order valence-corrected chi connectivity index (χ3v) is 2.30. The van der Waals surface area contributed by atoms with Gasteiger partial charge in [0.15, 0.2) is 0 Å². The molecule has 0 aliphatic carbocycles. The summed E-state index contributed by atoms with van der Waals surface area (Å²) in [6.07, 6.45) is 1.06. The van der Waals surface area contributed by atoms with E-state index in [0.717, 1.165) is 12.1 Å². The summed E-state index contributed by atoms with van der Waals surface area (Å²) in [6.45, 7) is 6.14. The van der Waals surface area contributed by atoms with Crippen LogP contribution in [0.3, 0.4) is 0 Å². The van der Waals surface area contributed by atoms with Gasteiger partial charge >= 0.3 is 0 Å². The molecule has 1 heteroatoms. The van der Waals surface area contributed by atoms with Crippen molar-refractivity contribution in [3.63, 3.8) is 0 Å². The average Bonchev–Trinajstić information content (AvgIpc) is 2.18. The van der Waals surface area contributed by atoms with E-state index in [1.807, 2.05) is 13.1 Å². The first-order chi connectivity index (χ1) is 6.24. The van der Waals surface area contributed by atoms with Crippen molar-refractivity contribution in [2.45, 2.75) is 13.3 Å². The van der Waals surface area contributed by atoms with E-state index in [0.29, 0.717) is 5.92 Å². The molecule has 0 heterocycles. The molecule has 0 saturated carbocycles. The van der Waals surface area contributed by atoms with Gasteiger partial charge in [0.2, 0.25) is 0 Å². The summed E-state index contributed by atoms with van der Waals surface area (Å²) < 4.78 is 0. The fourth-order valence-electron chi connectivity index (χ4n) is 1.34. The molecule has 0 saturated heterocycles. The van der Waals surface area contributed by atoms with Crippen LogP contribution >= 0.6 is 0 Å². The summed E-state index contributed by atoms with van der Waals surface area (Å²) >= 11 is 0. The Morgan fingerprint density at radius 2 is 2.00 bits per heavy atom. The predicted octanol–water partition coefficient (Wildman–Crippen LogP) is 2.60. The van der Waals surface area contributed by atoms with Crippen molar-refractivity contribution in [1.82, 2.24) is 5.32 Å². The lowest BCUT2D eigenvalue weighted by Crippen LogP contribution is -2.14. The van der Waals surface area contributed by atoms with Crippen molar-refractivity contribution in [1.29, 1.82) is 0 Å². The molecule has 1 aromatic rings. The van der Waals surface area contributed by atoms with Crippen LogP contribution in [0.5, 0.6) is 0 Å². The Morgan fingerprint density at radius 3 is 2.54 bits per heavy atom. The van der Waals surface area contributed by atoms with E-state index >= 15 is 0 Å². The summed E-state index contributed by atoms with van der Waals surface area (Å²) in [5, 5.41) is 3.09. The molecule has 1 N–H and O–H groups in total. The van der Waals surface area contributed by atoms with Gasteiger partial charge in [-0.15, -0.1) is 0 Å². The van der Waals surface area contributed by atoms with Crippen LogP contribution in [-0.2, 0) is 6.42 Å². The molecule has 1 nitrogen and oxygen atoms in total. The van der Waals surface area contributed by atoms with Crippen molar-refractivity contribution in [3.8, 4) is 0 Å². The number of rotatable bonds is 4. The maximum Gasteiger partial charge on any atom is 0.00631 e. The molecule has 1 rings (SSSR count). The quantitative estimate of drug-likeness (QED) is 0.741. The van der Waals surface area contributed by atoms with Crippen molar-refractivity contribution < 1.29 is 0 Å². The zero-order chi connectivity index (χ0) is 9.68. The Kier molecular flexibility index (Phi) is 3.56. The normalized spacial score (nSPS) is 12.2. The Morgan fingerprint density at radius 1 is 1.38 bits per heavy atom. The molecule has 1 atom stereocenters. The van der Waals surface area contributed by atoms with Gasteiger partial charge in [-0.1, -0.05) is 43.8 Å². The van der Waals surface area contributed by atoms with Crippen LogP contribution in [0, 0.1) is 5.92 Å². The van der Waals surface area contributed by atoms with E-state index in [1.54, 1.807) is 0 Å². The van der Waals surface area contributed by atoms with E-state index in [-0.39, 0.29) is 0 Å². The summed E-state index contributed by atoms with van der Waals surface area (Å²) in [7, 11) is 1.92. The van der Waals surface area contributed by atoms with Gasteiger partial charge in [-0.3, -0.25) is 0 Å². The lowest BCUT2D eigenvalue weighted by atomic mass is 9.99. The third-order valence-electron chi connectivity index (χ3n) is 2.30. The lowest BCUT2D eigenvalue weighted by molar-refractivity contribution is 0.633. The molecule has 0 amide bonds. The van der Waals surface area contributed by atoms with E-state index in [9.17, 15) is 0 Å². The Bertz CT molecular complexity index is 264. The molecule has 13 heavy (non-hydrogen) atoms. The smallest absolute Gasteiger partial charge is 0.00631 e.